The standard InChI is InChI=1S/C40H54N4O9Si/c1-12-40(51-30(45)14-13-17-41-36(48)52-38(4,5)6)27-20-29-32-25(18-24-19-26(15-16-28(24)43-32)42-37(49)53-39(7,8)9)21-44(29)33(46)31(27)34(50-35(40)47)54(10,11)22-23(2)3/h15-16,18-20,23,34H,12-14,17,21-22H2,1-11H3,(H,41,48)(H,42,49). The molecule has 0 bridgehead atoms. The number of hydrogen-bond donors (Lipinski definition) is 2. The van der Waals surface area contributed by atoms with Crippen molar-refractivity contribution in [2.24, 2.45) is 5.92 Å². The molecule has 2 aromatic heterocycles. The van der Waals surface area contributed by atoms with Crippen molar-refractivity contribution >= 4 is 48.8 Å². The number of benzene rings is 1. The second-order valence-corrected chi connectivity index (χ2v) is 22.2. The maximum absolute atomic E-state index is 14.8. The predicted octanol–water partition coefficient (Wildman–Crippen LogP) is 7.73. The lowest BCUT2D eigenvalue weighted by atomic mass is 9.85. The number of aromatic nitrogens is 2. The molecule has 13 nitrogen and oxygen atoms in total. The van der Waals surface area contributed by atoms with E-state index >= 15 is 0 Å². The van der Waals surface area contributed by atoms with Crippen molar-refractivity contribution in [1.82, 2.24) is 14.9 Å². The average molecular weight is 763 g/mol. The monoisotopic (exact) mass is 762 g/mol. The first-order chi connectivity index (χ1) is 25.0. The van der Waals surface area contributed by atoms with Crippen LogP contribution in [0.25, 0.3) is 22.3 Å². The number of esters is 2. The number of carbonyl (C=O) groups is 4. The molecule has 2 aliphatic rings. The smallest absolute Gasteiger partial charge is 0.412 e. The number of ether oxygens (including phenoxy) is 4. The van der Waals surface area contributed by atoms with Crippen molar-refractivity contribution in [3.63, 3.8) is 0 Å². The number of carbonyl (C=O) groups excluding carboxylic acids is 4. The number of anilines is 1. The van der Waals surface area contributed by atoms with Crippen molar-refractivity contribution < 1.29 is 38.1 Å². The number of nitrogens with zero attached hydrogens (tertiary/aromatic N) is 2. The van der Waals surface area contributed by atoms with Gasteiger partial charge >= 0.3 is 24.1 Å². The SMILES string of the molecule is CCC1(OC(=O)CCCNC(=O)OC(C)(C)C)C(=O)OC([Si](C)(C)CC(C)C)c2c1cc1n(c2=O)Cc2cc3cc(NC(=O)OC(C)(C)C)ccc3nc2-1. The van der Waals surface area contributed by atoms with E-state index in [2.05, 4.69) is 37.6 Å². The first-order valence-electron chi connectivity index (χ1n) is 18.7. The summed E-state index contributed by atoms with van der Waals surface area (Å²) >= 11 is 0. The quantitative estimate of drug-likeness (QED) is 0.0707. The molecule has 2 unspecified atom stereocenters. The number of fused-ring (bicyclic) bond motifs is 5. The lowest BCUT2D eigenvalue weighted by molar-refractivity contribution is -0.190. The molecular weight excluding hydrogens is 709 g/mol. The molecular formula is C40H54N4O9Si. The predicted molar refractivity (Wildman–Crippen MR) is 208 cm³/mol. The van der Waals surface area contributed by atoms with Gasteiger partial charge in [0, 0.05) is 35.2 Å². The Morgan fingerprint density at radius 2 is 1.69 bits per heavy atom. The summed E-state index contributed by atoms with van der Waals surface area (Å²) in [6.07, 6.45) is -0.994. The van der Waals surface area contributed by atoms with Crippen LogP contribution < -0.4 is 16.2 Å². The first kappa shape index (κ1) is 40.5. The van der Waals surface area contributed by atoms with Crippen molar-refractivity contribution in [1.29, 1.82) is 0 Å². The number of hydrogen-bond acceptors (Lipinski definition) is 10. The Kier molecular flexibility index (Phi) is 11.1. The van der Waals surface area contributed by atoms with E-state index in [-0.39, 0.29) is 37.9 Å². The zero-order valence-electron chi connectivity index (χ0n) is 33.4. The third-order valence-electron chi connectivity index (χ3n) is 9.36. The highest BCUT2D eigenvalue weighted by atomic mass is 28.3. The normalized spacial score (nSPS) is 18.0. The van der Waals surface area contributed by atoms with Gasteiger partial charge in [0.05, 0.1) is 29.0 Å². The van der Waals surface area contributed by atoms with E-state index in [1.807, 2.05) is 6.07 Å². The maximum Gasteiger partial charge on any atom is 0.412 e. The number of amides is 2. The number of pyridine rings is 2. The molecule has 0 fully saturated rings. The summed E-state index contributed by atoms with van der Waals surface area (Å²) in [5, 5.41) is 6.15. The Balaban J connectivity index is 1.53. The zero-order valence-corrected chi connectivity index (χ0v) is 34.4. The van der Waals surface area contributed by atoms with Crippen LogP contribution in [-0.2, 0) is 40.7 Å². The lowest BCUT2D eigenvalue weighted by Crippen LogP contribution is -2.54. The molecule has 2 aliphatic heterocycles. The molecule has 2 N–H and O–H groups in total. The van der Waals surface area contributed by atoms with Crippen LogP contribution in [0.2, 0.25) is 19.1 Å². The van der Waals surface area contributed by atoms with Gasteiger partial charge in [-0.2, -0.15) is 0 Å². The zero-order chi connectivity index (χ0) is 40.0. The summed E-state index contributed by atoms with van der Waals surface area (Å²) in [5.41, 5.74) is -0.527. The van der Waals surface area contributed by atoms with Gasteiger partial charge in [-0.05, 0) is 90.6 Å². The Morgan fingerprint density at radius 1 is 1.02 bits per heavy atom. The molecule has 0 saturated heterocycles. The average Bonchev–Trinajstić information content (AvgIpc) is 3.38. The minimum absolute atomic E-state index is 0.0357. The van der Waals surface area contributed by atoms with Crippen LogP contribution in [0.3, 0.4) is 0 Å². The van der Waals surface area contributed by atoms with E-state index in [9.17, 15) is 24.0 Å². The highest BCUT2D eigenvalue weighted by molar-refractivity contribution is 6.78. The number of rotatable bonds is 10. The highest BCUT2D eigenvalue weighted by Gasteiger charge is 2.56. The third kappa shape index (κ3) is 8.64. The van der Waals surface area contributed by atoms with Crippen molar-refractivity contribution in [3.05, 3.63) is 57.4 Å². The number of cyclic esters (lactones) is 1. The van der Waals surface area contributed by atoms with E-state index in [4.69, 9.17) is 23.9 Å². The summed E-state index contributed by atoms with van der Waals surface area (Å²) in [7, 11) is -2.46. The van der Waals surface area contributed by atoms with Gasteiger partial charge in [0.15, 0.2) is 0 Å². The second-order valence-electron chi connectivity index (χ2n) is 17.3. The minimum atomic E-state index is -2.46. The second kappa shape index (κ2) is 14.8. The molecule has 0 aliphatic carbocycles. The Bertz CT molecular complexity index is 2040. The van der Waals surface area contributed by atoms with Crippen LogP contribution in [0, 0.1) is 5.92 Å². The van der Waals surface area contributed by atoms with Crippen LogP contribution in [0.1, 0.15) is 104 Å². The molecule has 2 atom stereocenters. The van der Waals surface area contributed by atoms with Gasteiger partial charge in [0.2, 0.25) is 5.60 Å². The van der Waals surface area contributed by atoms with Gasteiger partial charge in [0.25, 0.3) is 5.56 Å². The fourth-order valence-electron chi connectivity index (χ4n) is 7.40. The van der Waals surface area contributed by atoms with Crippen molar-refractivity contribution in [3.8, 4) is 11.4 Å². The van der Waals surface area contributed by atoms with Gasteiger partial charge in [-0.25, -0.2) is 19.4 Å². The minimum Gasteiger partial charge on any atom is -0.458 e. The molecule has 0 radical (unpaired) electrons. The van der Waals surface area contributed by atoms with Crippen molar-refractivity contribution in [2.75, 3.05) is 11.9 Å². The van der Waals surface area contributed by atoms with E-state index in [1.54, 1.807) is 77.3 Å². The van der Waals surface area contributed by atoms with Gasteiger partial charge in [-0.15, -0.1) is 0 Å². The van der Waals surface area contributed by atoms with Gasteiger partial charge in [-0.3, -0.25) is 14.9 Å². The molecule has 0 spiro atoms. The van der Waals surface area contributed by atoms with Crippen LogP contribution >= 0.6 is 0 Å². The summed E-state index contributed by atoms with van der Waals surface area (Å²) in [6, 6.07) is 9.84. The molecule has 1 aromatic carbocycles. The molecule has 5 rings (SSSR count). The molecule has 2 amide bonds. The molecule has 4 heterocycles. The maximum atomic E-state index is 14.8. The topological polar surface area (TPSA) is 164 Å². The van der Waals surface area contributed by atoms with Gasteiger partial charge in [0.1, 0.15) is 25.0 Å². The summed E-state index contributed by atoms with van der Waals surface area (Å²) in [6.45, 7) is 21.2. The van der Waals surface area contributed by atoms with Gasteiger partial charge in [-0.1, -0.05) is 39.9 Å². The van der Waals surface area contributed by atoms with Crippen LogP contribution in [0.5, 0.6) is 0 Å². The van der Waals surface area contributed by atoms with E-state index in [0.29, 0.717) is 39.6 Å². The molecule has 14 heteroatoms. The van der Waals surface area contributed by atoms with Gasteiger partial charge < -0.3 is 28.8 Å². The van der Waals surface area contributed by atoms with E-state index in [0.717, 1.165) is 17.0 Å². The van der Waals surface area contributed by atoms with Crippen LogP contribution in [-0.4, -0.2) is 59.5 Å². The fraction of sp³-hybridized carbons (Fsp3) is 0.550. The number of alkyl carbamates (subject to hydrolysis) is 1. The van der Waals surface area contributed by atoms with Crippen LogP contribution in [0.4, 0.5) is 15.3 Å². The van der Waals surface area contributed by atoms with Crippen LogP contribution in [0.15, 0.2) is 35.1 Å². The lowest BCUT2D eigenvalue weighted by Gasteiger charge is -2.43. The number of nitrogens with one attached hydrogen (secondary N) is 2. The first-order valence-corrected chi connectivity index (χ1v) is 21.9. The summed E-state index contributed by atoms with van der Waals surface area (Å²) in [5.74, 6) is -1.07. The fourth-order valence-corrected chi connectivity index (χ4v) is 11.2. The summed E-state index contributed by atoms with van der Waals surface area (Å²) in [4.78, 5) is 72.0. The van der Waals surface area contributed by atoms with E-state index < -0.39 is 54.7 Å². The van der Waals surface area contributed by atoms with E-state index in [1.165, 1.54) is 0 Å². The van der Waals surface area contributed by atoms with Crippen molar-refractivity contribution in [2.45, 2.75) is 130 Å². The highest BCUT2D eigenvalue weighted by Crippen LogP contribution is 2.47. The Labute approximate surface area is 317 Å². The Morgan fingerprint density at radius 3 is 2.31 bits per heavy atom. The Hall–Kier alpha value is -4.72. The molecule has 3 aromatic rings. The molecule has 292 valence electrons. The molecule has 54 heavy (non-hydrogen) atoms. The largest absolute Gasteiger partial charge is 0.458 e. The third-order valence-corrected chi connectivity index (χ3v) is 13.1. The summed E-state index contributed by atoms with van der Waals surface area (Å²) < 4.78 is 24.7. The molecule has 0 saturated carbocycles.